The Morgan fingerprint density at radius 2 is 1.81 bits per heavy atom. The zero-order chi connectivity index (χ0) is 21.6. The van der Waals surface area contributed by atoms with Crippen LogP contribution in [0.2, 0.25) is 0 Å². The van der Waals surface area contributed by atoms with E-state index < -0.39 is 0 Å². The molecular weight excluding hydrogens is 448 g/mol. The second kappa shape index (κ2) is 7.83. The molecule has 0 fully saturated rings. The van der Waals surface area contributed by atoms with E-state index in [4.69, 9.17) is 9.72 Å². The predicted octanol–water partition coefficient (Wildman–Crippen LogP) is 7.21. The lowest BCUT2D eigenvalue weighted by molar-refractivity contribution is 0.164. The minimum atomic E-state index is -0.0464. The smallest absolute Gasteiger partial charge is 0.157 e. The van der Waals surface area contributed by atoms with Crippen molar-refractivity contribution < 1.29 is 4.74 Å². The van der Waals surface area contributed by atoms with Gasteiger partial charge in [0.05, 0.1) is 11.0 Å². The Balaban J connectivity index is 1.51. The minimum Gasteiger partial charge on any atom is -0.482 e. The lowest BCUT2D eigenvalue weighted by Gasteiger charge is -2.26. The summed E-state index contributed by atoms with van der Waals surface area (Å²) in [6.07, 6.45) is 1.87. The molecule has 0 bridgehead atoms. The summed E-state index contributed by atoms with van der Waals surface area (Å²) >= 11 is 3.57. The molecule has 0 aliphatic carbocycles. The molecule has 0 amide bonds. The van der Waals surface area contributed by atoms with Gasteiger partial charge >= 0.3 is 0 Å². The summed E-state index contributed by atoms with van der Waals surface area (Å²) < 4.78 is 9.87. The van der Waals surface area contributed by atoms with Gasteiger partial charge in [-0.3, -0.25) is 0 Å². The third-order valence-electron chi connectivity index (χ3n) is 6.10. The molecule has 0 radical (unpaired) electrons. The average molecular weight is 475 g/mol. The van der Waals surface area contributed by atoms with Gasteiger partial charge in [0.25, 0.3) is 0 Å². The van der Waals surface area contributed by atoms with Crippen LogP contribution in [0.4, 0.5) is 0 Å². The zero-order valence-corrected chi connectivity index (χ0v) is 19.8. The van der Waals surface area contributed by atoms with Crippen molar-refractivity contribution in [2.75, 3.05) is 0 Å². The van der Waals surface area contributed by atoms with E-state index >= 15 is 0 Å². The summed E-state index contributed by atoms with van der Waals surface area (Å²) in [5.41, 5.74) is 6.22. The first kappa shape index (κ1) is 20.3. The number of aromatic nitrogens is 2. The van der Waals surface area contributed by atoms with Crippen LogP contribution in [0.3, 0.4) is 0 Å². The maximum absolute atomic E-state index is 6.44. The van der Waals surface area contributed by atoms with E-state index in [0.29, 0.717) is 0 Å². The number of rotatable bonds is 3. The van der Waals surface area contributed by atoms with Gasteiger partial charge in [-0.2, -0.15) is 0 Å². The highest BCUT2D eigenvalue weighted by Gasteiger charge is 2.27. The maximum atomic E-state index is 6.44. The molecule has 0 saturated heterocycles. The molecule has 1 aliphatic rings. The minimum absolute atomic E-state index is 0.0464. The third kappa shape index (κ3) is 4.01. The van der Waals surface area contributed by atoms with Crippen molar-refractivity contribution in [3.63, 3.8) is 0 Å². The number of hydrogen-bond donors (Lipinski definition) is 0. The van der Waals surface area contributed by atoms with E-state index in [1.807, 2.05) is 6.07 Å². The van der Waals surface area contributed by atoms with Gasteiger partial charge in [-0.05, 0) is 65.3 Å². The molecule has 1 aliphatic heterocycles. The van der Waals surface area contributed by atoms with Crippen molar-refractivity contribution >= 4 is 27.0 Å². The first-order valence-electron chi connectivity index (χ1n) is 10.9. The van der Waals surface area contributed by atoms with Gasteiger partial charge < -0.3 is 9.30 Å². The Labute approximate surface area is 192 Å². The number of nitrogens with zero attached hydrogens (tertiary/aromatic N) is 2. The van der Waals surface area contributed by atoms with Crippen LogP contribution in [0, 0.1) is 0 Å². The normalized spacial score (nSPS) is 16.2. The van der Waals surface area contributed by atoms with Crippen molar-refractivity contribution in [2.24, 2.45) is 0 Å². The quantitative estimate of drug-likeness (QED) is 0.313. The van der Waals surface area contributed by atoms with Crippen LogP contribution in [-0.4, -0.2) is 9.55 Å². The van der Waals surface area contributed by atoms with Crippen molar-refractivity contribution in [2.45, 2.75) is 51.7 Å². The van der Waals surface area contributed by atoms with E-state index in [1.165, 1.54) is 16.7 Å². The fourth-order valence-corrected chi connectivity index (χ4v) is 4.75. The Kier molecular flexibility index (Phi) is 5.13. The number of fused-ring (bicyclic) bond motifs is 2. The Hall–Kier alpha value is -2.59. The fraction of sp³-hybridized carbons (Fsp3) is 0.296. The number of ether oxygens (including phenoxy) is 1. The average Bonchev–Trinajstić information content (AvgIpc) is 3.11. The highest BCUT2D eigenvalue weighted by atomic mass is 79.9. The summed E-state index contributed by atoms with van der Waals surface area (Å²) in [6, 6.07) is 23.6. The number of halogens is 1. The molecule has 2 heterocycles. The summed E-state index contributed by atoms with van der Waals surface area (Å²) in [5.74, 6) is 1.97. The van der Waals surface area contributed by atoms with Crippen LogP contribution in [-0.2, 0) is 18.4 Å². The summed E-state index contributed by atoms with van der Waals surface area (Å²) in [6.45, 7) is 7.54. The predicted molar refractivity (Wildman–Crippen MR) is 130 cm³/mol. The van der Waals surface area contributed by atoms with Crippen molar-refractivity contribution in [3.8, 4) is 5.75 Å². The molecule has 3 nitrogen and oxygen atoms in total. The van der Waals surface area contributed by atoms with Crippen LogP contribution in [0.5, 0.6) is 5.75 Å². The molecule has 4 heteroatoms. The molecule has 4 aromatic rings. The fourth-order valence-electron chi connectivity index (χ4n) is 4.34. The summed E-state index contributed by atoms with van der Waals surface area (Å²) in [7, 11) is 0. The van der Waals surface area contributed by atoms with E-state index in [1.54, 1.807) is 0 Å². The number of benzene rings is 3. The van der Waals surface area contributed by atoms with Gasteiger partial charge in [0.15, 0.2) is 11.9 Å². The third-order valence-corrected chi connectivity index (χ3v) is 6.59. The topological polar surface area (TPSA) is 27.1 Å². The van der Waals surface area contributed by atoms with Crippen molar-refractivity contribution in [1.82, 2.24) is 9.55 Å². The molecule has 0 N–H and O–H groups in total. The van der Waals surface area contributed by atoms with E-state index in [-0.39, 0.29) is 11.5 Å². The van der Waals surface area contributed by atoms with Gasteiger partial charge in [-0.15, -0.1) is 0 Å². The first-order chi connectivity index (χ1) is 14.9. The van der Waals surface area contributed by atoms with Gasteiger partial charge in [0.1, 0.15) is 5.75 Å². The van der Waals surface area contributed by atoms with E-state index in [9.17, 15) is 0 Å². The van der Waals surface area contributed by atoms with E-state index in [2.05, 4.69) is 102 Å². The van der Waals surface area contributed by atoms with Crippen LogP contribution in [0.15, 0.2) is 71.2 Å². The number of para-hydroxylation sites is 2. The molecule has 5 rings (SSSR count). The molecule has 0 saturated carbocycles. The highest BCUT2D eigenvalue weighted by Crippen LogP contribution is 2.37. The molecule has 3 aromatic carbocycles. The van der Waals surface area contributed by atoms with Gasteiger partial charge in [0.2, 0.25) is 0 Å². The molecule has 1 atom stereocenters. The monoisotopic (exact) mass is 474 g/mol. The van der Waals surface area contributed by atoms with Gasteiger partial charge in [-0.1, -0.05) is 73.1 Å². The molecule has 158 valence electrons. The second-order valence-corrected chi connectivity index (χ2v) is 10.3. The van der Waals surface area contributed by atoms with Crippen LogP contribution in [0.1, 0.15) is 55.8 Å². The summed E-state index contributed by atoms with van der Waals surface area (Å²) in [5, 5.41) is 0. The zero-order valence-electron chi connectivity index (χ0n) is 18.2. The molecular formula is C27H27BrN2O. The highest BCUT2D eigenvalue weighted by molar-refractivity contribution is 9.10. The van der Waals surface area contributed by atoms with Crippen molar-refractivity contribution in [1.29, 1.82) is 0 Å². The lowest BCUT2D eigenvalue weighted by Crippen LogP contribution is -2.20. The van der Waals surface area contributed by atoms with Crippen molar-refractivity contribution in [3.05, 3.63) is 93.7 Å². The second-order valence-electron chi connectivity index (χ2n) is 9.39. The molecule has 1 aromatic heterocycles. The molecule has 0 spiro atoms. The first-order valence-corrected chi connectivity index (χ1v) is 11.7. The molecule has 31 heavy (non-hydrogen) atoms. The Morgan fingerprint density at radius 3 is 2.58 bits per heavy atom. The lowest BCUT2D eigenvalue weighted by atomic mass is 9.87. The van der Waals surface area contributed by atoms with Gasteiger partial charge in [-0.25, -0.2) is 4.98 Å². The summed E-state index contributed by atoms with van der Waals surface area (Å²) in [4.78, 5) is 5.01. The van der Waals surface area contributed by atoms with E-state index in [0.717, 1.165) is 46.5 Å². The number of aryl methyl sites for hydroxylation is 1. The Morgan fingerprint density at radius 1 is 1.03 bits per heavy atom. The Bertz CT molecular complexity index is 1230. The van der Waals surface area contributed by atoms with Crippen LogP contribution >= 0.6 is 15.9 Å². The number of imidazole rings is 1. The largest absolute Gasteiger partial charge is 0.482 e. The van der Waals surface area contributed by atoms with Crippen LogP contribution in [0.25, 0.3) is 11.0 Å². The maximum Gasteiger partial charge on any atom is 0.157 e. The number of hydrogen-bond acceptors (Lipinski definition) is 2. The standard InChI is InChI=1S/C27H27BrN2O/c1-27(2,3)20-11-8-18(9-12-20)17-30-23-7-5-4-6-22(23)29-26(30)25-14-10-19-16-21(28)13-15-24(19)31-25/h4-9,11-13,15-16,25H,10,14,17H2,1-3H3. The van der Waals surface area contributed by atoms with Crippen LogP contribution < -0.4 is 4.74 Å². The van der Waals surface area contributed by atoms with Gasteiger partial charge in [0, 0.05) is 11.0 Å². The molecule has 1 unspecified atom stereocenters. The SMILES string of the molecule is CC(C)(C)c1ccc(Cn2c(C3CCc4cc(Br)ccc4O3)nc3ccccc32)cc1.